The van der Waals surface area contributed by atoms with E-state index in [2.05, 4.69) is 25.6 Å². The molecule has 0 radical (unpaired) electrons. The Labute approximate surface area is 158 Å². The van der Waals surface area contributed by atoms with E-state index in [9.17, 15) is 4.79 Å². The number of hydrogen-bond donors (Lipinski definition) is 2. The van der Waals surface area contributed by atoms with Gasteiger partial charge in [0.2, 0.25) is 5.96 Å². The topological polar surface area (TPSA) is 91.7 Å². The SMILES string of the molecule is Cc1ccc(NC(=O)N/C(=N\c2nc(C)cc(C)n2)N2CCOCC2)cc1. The van der Waals surface area contributed by atoms with Crippen LogP contribution in [0.4, 0.5) is 16.4 Å². The molecule has 0 spiro atoms. The summed E-state index contributed by atoms with van der Waals surface area (Å²) in [5, 5.41) is 5.65. The van der Waals surface area contributed by atoms with Crippen LogP contribution < -0.4 is 10.6 Å². The lowest BCUT2D eigenvalue weighted by Crippen LogP contribution is -2.50. The second-order valence-corrected chi connectivity index (χ2v) is 6.43. The summed E-state index contributed by atoms with van der Waals surface area (Å²) in [6.45, 7) is 8.20. The van der Waals surface area contributed by atoms with Crippen molar-refractivity contribution >= 4 is 23.6 Å². The normalized spacial score (nSPS) is 14.8. The first-order valence-electron chi connectivity index (χ1n) is 8.88. The van der Waals surface area contributed by atoms with Gasteiger partial charge in [-0.2, -0.15) is 4.99 Å². The maximum atomic E-state index is 12.5. The van der Waals surface area contributed by atoms with Crippen molar-refractivity contribution in [1.29, 1.82) is 0 Å². The highest BCUT2D eigenvalue weighted by molar-refractivity contribution is 6.02. The minimum absolute atomic E-state index is 0.324. The molecule has 2 amide bonds. The number of aryl methyl sites for hydroxylation is 3. The van der Waals surface area contributed by atoms with Gasteiger partial charge in [0.1, 0.15) is 0 Å². The minimum Gasteiger partial charge on any atom is -0.378 e. The van der Waals surface area contributed by atoms with Crippen LogP contribution in [-0.2, 0) is 4.74 Å². The number of hydrogen-bond acceptors (Lipinski definition) is 5. The highest BCUT2D eigenvalue weighted by Gasteiger charge is 2.18. The van der Waals surface area contributed by atoms with Crippen molar-refractivity contribution in [3.05, 3.63) is 47.3 Å². The van der Waals surface area contributed by atoms with Crippen LogP contribution in [0, 0.1) is 20.8 Å². The summed E-state index contributed by atoms with van der Waals surface area (Å²) in [5.74, 6) is 0.734. The predicted octanol–water partition coefficient (Wildman–Crippen LogP) is 2.54. The smallest absolute Gasteiger partial charge is 0.326 e. The van der Waals surface area contributed by atoms with Crippen LogP contribution in [0.15, 0.2) is 35.3 Å². The molecule has 3 rings (SSSR count). The van der Waals surface area contributed by atoms with Crippen LogP contribution in [0.3, 0.4) is 0 Å². The van der Waals surface area contributed by atoms with E-state index in [1.807, 2.05) is 56.0 Å². The summed E-state index contributed by atoms with van der Waals surface area (Å²) in [5.41, 5.74) is 3.49. The standard InChI is InChI=1S/C19H24N6O2/c1-13-4-6-16(7-5-13)22-19(26)24-18(25-8-10-27-11-9-25)23-17-20-14(2)12-15(3)21-17/h4-7,12H,8-11H2,1-3H3,(H2,20,21,22,23,24,26). The van der Waals surface area contributed by atoms with Crippen molar-refractivity contribution in [2.75, 3.05) is 31.6 Å². The van der Waals surface area contributed by atoms with Gasteiger partial charge in [0.05, 0.1) is 13.2 Å². The molecular weight excluding hydrogens is 344 g/mol. The van der Waals surface area contributed by atoms with Crippen LogP contribution >= 0.6 is 0 Å². The van der Waals surface area contributed by atoms with E-state index in [1.165, 1.54) is 0 Å². The molecule has 1 aliphatic heterocycles. The van der Waals surface area contributed by atoms with Crippen molar-refractivity contribution in [2.24, 2.45) is 4.99 Å². The van der Waals surface area contributed by atoms with Gasteiger partial charge in [-0.15, -0.1) is 0 Å². The Hall–Kier alpha value is -3.00. The highest BCUT2D eigenvalue weighted by Crippen LogP contribution is 2.11. The average molecular weight is 368 g/mol. The third-order valence-electron chi connectivity index (χ3n) is 4.02. The van der Waals surface area contributed by atoms with E-state index in [4.69, 9.17) is 4.74 Å². The van der Waals surface area contributed by atoms with Crippen molar-refractivity contribution in [1.82, 2.24) is 20.2 Å². The number of ether oxygens (including phenoxy) is 1. The van der Waals surface area contributed by atoms with Gasteiger partial charge < -0.3 is 15.0 Å². The fourth-order valence-corrected chi connectivity index (χ4v) is 2.71. The van der Waals surface area contributed by atoms with Crippen molar-refractivity contribution < 1.29 is 9.53 Å². The molecule has 1 aliphatic rings. The molecule has 0 aliphatic carbocycles. The Bertz CT molecular complexity index is 808. The monoisotopic (exact) mass is 368 g/mol. The second kappa shape index (κ2) is 8.59. The number of benzene rings is 1. The molecule has 27 heavy (non-hydrogen) atoms. The Morgan fingerprint density at radius 1 is 1.07 bits per heavy atom. The van der Waals surface area contributed by atoms with Crippen LogP contribution in [0.5, 0.6) is 0 Å². The number of carbonyl (C=O) groups excluding carboxylic acids is 1. The van der Waals surface area contributed by atoms with E-state index < -0.39 is 0 Å². The molecule has 2 aromatic rings. The molecule has 1 aromatic carbocycles. The molecule has 1 saturated heterocycles. The van der Waals surface area contributed by atoms with Crippen LogP contribution in [0.2, 0.25) is 0 Å². The van der Waals surface area contributed by atoms with E-state index in [-0.39, 0.29) is 6.03 Å². The lowest BCUT2D eigenvalue weighted by Gasteiger charge is -2.29. The summed E-state index contributed by atoms with van der Waals surface area (Å²) in [6, 6.07) is 9.10. The molecule has 142 valence electrons. The van der Waals surface area contributed by atoms with E-state index in [1.54, 1.807) is 0 Å². The fourth-order valence-electron chi connectivity index (χ4n) is 2.71. The molecule has 8 nitrogen and oxygen atoms in total. The van der Waals surface area contributed by atoms with E-state index in [0.717, 1.165) is 17.0 Å². The number of guanidine groups is 1. The first-order chi connectivity index (χ1) is 13.0. The first-order valence-corrected chi connectivity index (χ1v) is 8.88. The predicted molar refractivity (Wildman–Crippen MR) is 104 cm³/mol. The highest BCUT2D eigenvalue weighted by atomic mass is 16.5. The zero-order chi connectivity index (χ0) is 19.2. The Balaban J connectivity index is 1.79. The number of anilines is 1. The zero-order valence-electron chi connectivity index (χ0n) is 15.8. The molecule has 0 saturated carbocycles. The number of nitrogens with zero attached hydrogens (tertiary/aromatic N) is 4. The summed E-state index contributed by atoms with van der Waals surface area (Å²) in [7, 11) is 0. The van der Waals surface area contributed by atoms with Crippen molar-refractivity contribution in [3.8, 4) is 0 Å². The number of morpholine rings is 1. The molecule has 0 bridgehead atoms. The van der Waals surface area contributed by atoms with Crippen LogP contribution in [0.1, 0.15) is 17.0 Å². The van der Waals surface area contributed by atoms with Gasteiger partial charge in [0, 0.05) is 30.2 Å². The maximum Gasteiger partial charge on any atom is 0.326 e. The molecule has 2 N–H and O–H groups in total. The molecule has 8 heteroatoms. The fraction of sp³-hybridized carbons (Fsp3) is 0.368. The molecule has 2 heterocycles. The Kier molecular flexibility index (Phi) is 5.97. The van der Waals surface area contributed by atoms with Gasteiger partial charge in [-0.05, 0) is 39.0 Å². The molecule has 0 atom stereocenters. The number of aromatic nitrogens is 2. The van der Waals surface area contributed by atoms with Gasteiger partial charge in [-0.25, -0.2) is 14.8 Å². The molecular formula is C19H24N6O2. The third-order valence-corrected chi connectivity index (χ3v) is 4.02. The first kappa shape index (κ1) is 18.8. The largest absolute Gasteiger partial charge is 0.378 e. The molecule has 1 aromatic heterocycles. The number of aliphatic imine (C=N–C) groups is 1. The number of amides is 2. The number of urea groups is 1. The van der Waals surface area contributed by atoms with Crippen LogP contribution in [0.25, 0.3) is 0 Å². The van der Waals surface area contributed by atoms with Crippen molar-refractivity contribution in [3.63, 3.8) is 0 Å². The molecule has 0 unspecified atom stereocenters. The van der Waals surface area contributed by atoms with E-state index >= 15 is 0 Å². The lowest BCUT2D eigenvalue weighted by molar-refractivity contribution is 0.0668. The summed E-state index contributed by atoms with van der Waals surface area (Å²) >= 11 is 0. The van der Waals surface area contributed by atoms with Gasteiger partial charge in [-0.1, -0.05) is 17.7 Å². The average Bonchev–Trinajstić information content (AvgIpc) is 2.63. The van der Waals surface area contributed by atoms with Gasteiger partial charge in [-0.3, -0.25) is 5.32 Å². The Morgan fingerprint density at radius 2 is 1.70 bits per heavy atom. The minimum atomic E-state index is -0.367. The van der Waals surface area contributed by atoms with Gasteiger partial charge in [0.25, 0.3) is 5.95 Å². The second-order valence-electron chi connectivity index (χ2n) is 6.43. The summed E-state index contributed by atoms with van der Waals surface area (Å²) in [4.78, 5) is 27.6. The molecule has 1 fully saturated rings. The van der Waals surface area contributed by atoms with Crippen molar-refractivity contribution in [2.45, 2.75) is 20.8 Å². The zero-order valence-corrected chi connectivity index (χ0v) is 15.8. The van der Waals surface area contributed by atoms with Gasteiger partial charge >= 0.3 is 6.03 Å². The quantitative estimate of drug-likeness (QED) is 0.628. The summed E-state index contributed by atoms with van der Waals surface area (Å²) in [6.07, 6.45) is 0. The Morgan fingerprint density at radius 3 is 2.33 bits per heavy atom. The third kappa shape index (κ3) is 5.49. The summed E-state index contributed by atoms with van der Waals surface area (Å²) < 4.78 is 5.39. The number of nitrogens with one attached hydrogen (secondary N) is 2. The lowest BCUT2D eigenvalue weighted by atomic mass is 10.2. The maximum absolute atomic E-state index is 12.5. The number of carbonyl (C=O) groups is 1. The van der Waals surface area contributed by atoms with Crippen LogP contribution in [-0.4, -0.2) is 53.2 Å². The van der Waals surface area contributed by atoms with Gasteiger partial charge in [0.15, 0.2) is 0 Å². The van der Waals surface area contributed by atoms with E-state index in [0.29, 0.717) is 43.9 Å². The number of rotatable bonds is 2.